The second kappa shape index (κ2) is 5.45. The van der Waals surface area contributed by atoms with E-state index in [1.54, 1.807) is 19.2 Å². The van der Waals surface area contributed by atoms with Crippen LogP contribution in [0.3, 0.4) is 0 Å². The first-order valence-corrected chi connectivity index (χ1v) is 5.54. The molecule has 0 aliphatic heterocycles. The van der Waals surface area contributed by atoms with E-state index in [1.165, 1.54) is 16.9 Å². The highest BCUT2D eigenvalue weighted by Crippen LogP contribution is 2.13. The number of ether oxygens (including phenoxy) is 1. The molecule has 6 heteroatoms. The number of benzene rings is 1. The summed E-state index contributed by atoms with van der Waals surface area (Å²) in [6.45, 7) is 0.367. The molecular formula is C13H12N2O4. The first-order chi connectivity index (χ1) is 9.13. The number of aromatic carboxylic acids is 1. The average molecular weight is 260 g/mol. The zero-order chi connectivity index (χ0) is 13.8. The van der Waals surface area contributed by atoms with Crippen molar-refractivity contribution in [3.8, 4) is 5.69 Å². The van der Waals surface area contributed by atoms with Gasteiger partial charge >= 0.3 is 5.97 Å². The van der Waals surface area contributed by atoms with E-state index in [0.29, 0.717) is 12.3 Å². The number of hydrogen-bond donors (Lipinski definition) is 1. The molecule has 0 aliphatic rings. The number of carbonyl (C=O) groups is 1. The van der Waals surface area contributed by atoms with Gasteiger partial charge in [-0.15, -0.1) is 0 Å². The molecule has 6 nitrogen and oxygen atoms in total. The third-order valence-electron chi connectivity index (χ3n) is 2.55. The number of para-hydroxylation sites is 1. The molecule has 0 spiro atoms. The van der Waals surface area contributed by atoms with E-state index in [-0.39, 0.29) is 0 Å². The van der Waals surface area contributed by atoms with Crippen LogP contribution in [0.5, 0.6) is 0 Å². The maximum Gasteiger partial charge on any atom is 0.360 e. The van der Waals surface area contributed by atoms with Crippen LogP contribution >= 0.6 is 0 Å². The van der Waals surface area contributed by atoms with Gasteiger partial charge in [-0.2, -0.15) is 5.10 Å². The van der Waals surface area contributed by atoms with Crippen molar-refractivity contribution in [3.05, 3.63) is 58.0 Å². The molecule has 1 aromatic heterocycles. The lowest BCUT2D eigenvalue weighted by Crippen LogP contribution is -2.20. The molecule has 98 valence electrons. The van der Waals surface area contributed by atoms with Crippen molar-refractivity contribution in [2.75, 3.05) is 7.11 Å². The average Bonchev–Trinajstić information content (AvgIpc) is 2.40. The zero-order valence-electron chi connectivity index (χ0n) is 10.2. The van der Waals surface area contributed by atoms with Gasteiger partial charge in [-0.05, 0) is 6.07 Å². The molecule has 1 N–H and O–H groups in total. The number of carboxylic acids is 1. The van der Waals surface area contributed by atoms with E-state index < -0.39 is 17.1 Å². The van der Waals surface area contributed by atoms with Gasteiger partial charge in [0.1, 0.15) is 0 Å². The molecule has 0 amide bonds. The summed E-state index contributed by atoms with van der Waals surface area (Å²) >= 11 is 0. The number of aromatic nitrogens is 2. The van der Waals surface area contributed by atoms with Gasteiger partial charge < -0.3 is 9.84 Å². The maximum absolute atomic E-state index is 11.4. The lowest BCUT2D eigenvalue weighted by Gasteiger charge is -2.10. The van der Waals surface area contributed by atoms with Crippen molar-refractivity contribution in [2.24, 2.45) is 0 Å². The van der Waals surface area contributed by atoms with Gasteiger partial charge in [0.15, 0.2) is 0 Å². The molecule has 1 heterocycles. The summed E-state index contributed by atoms with van der Waals surface area (Å²) in [5.41, 5.74) is 0.395. The van der Waals surface area contributed by atoms with Crippen LogP contribution in [0, 0.1) is 0 Å². The second-order valence-corrected chi connectivity index (χ2v) is 3.84. The minimum Gasteiger partial charge on any atom is -0.476 e. The lowest BCUT2D eigenvalue weighted by molar-refractivity contribution is 0.0687. The van der Waals surface area contributed by atoms with Crippen LogP contribution in [0.2, 0.25) is 0 Å². The Hall–Kier alpha value is -2.47. The Bertz CT molecular complexity index is 664. The standard InChI is InChI=1S/C13H12N2O4/c1-19-8-9-4-2-3-5-10(9)15-7-6-11(16)12(14-15)13(17)18/h2-7H,8H2,1H3,(H,17,18). The molecular weight excluding hydrogens is 248 g/mol. The fraction of sp³-hybridized carbons (Fsp3) is 0.154. The first kappa shape index (κ1) is 13.0. The third kappa shape index (κ3) is 2.69. The van der Waals surface area contributed by atoms with Crippen molar-refractivity contribution in [1.82, 2.24) is 9.78 Å². The van der Waals surface area contributed by atoms with Gasteiger partial charge in [0, 0.05) is 24.9 Å². The third-order valence-corrected chi connectivity index (χ3v) is 2.55. The maximum atomic E-state index is 11.4. The Morgan fingerprint density at radius 3 is 2.79 bits per heavy atom. The van der Waals surface area contributed by atoms with Crippen LogP contribution in [0.25, 0.3) is 5.69 Å². The van der Waals surface area contributed by atoms with Crippen LogP contribution in [0.15, 0.2) is 41.3 Å². The molecule has 0 bridgehead atoms. The van der Waals surface area contributed by atoms with Crippen LogP contribution in [0.1, 0.15) is 16.1 Å². The summed E-state index contributed by atoms with van der Waals surface area (Å²) in [6.07, 6.45) is 1.43. The topological polar surface area (TPSA) is 81.4 Å². The molecule has 0 aliphatic carbocycles. The predicted octanol–water partition coefficient (Wildman–Crippen LogP) is 1.08. The second-order valence-electron chi connectivity index (χ2n) is 3.84. The lowest BCUT2D eigenvalue weighted by atomic mass is 10.2. The van der Waals surface area contributed by atoms with E-state index in [9.17, 15) is 9.59 Å². The summed E-state index contributed by atoms with van der Waals surface area (Å²) in [5.74, 6) is -1.34. The predicted molar refractivity (Wildman–Crippen MR) is 67.5 cm³/mol. The molecule has 19 heavy (non-hydrogen) atoms. The summed E-state index contributed by atoms with van der Waals surface area (Å²) in [6, 6.07) is 8.45. The molecule has 0 fully saturated rings. The molecule has 0 saturated carbocycles. The van der Waals surface area contributed by atoms with Crippen LogP contribution in [0.4, 0.5) is 0 Å². The van der Waals surface area contributed by atoms with Crippen LogP contribution < -0.4 is 5.43 Å². The zero-order valence-corrected chi connectivity index (χ0v) is 10.2. The van der Waals surface area contributed by atoms with Crippen molar-refractivity contribution >= 4 is 5.97 Å². The monoisotopic (exact) mass is 260 g/mol. The van der Waals surface area contributed by atoms with Crippen molar-refractivity contribution in [1.29, 1.82) is 0 Å². The Kier molecular flexibility index (Phi) is 3.72. The SMILES string of the molecule is COCc1ccccc1-n1ccc(=O)c(C(=O)O)n1. The fourth-order valence-corrected chi connectivity index (χ4v) is 1.70. The van der Waals surface area contributed by atoms with Gasteiger partial charge in [0.25, 0.3) is 0 Å². The molecule has 2 aromatic rings. The van der Waals surface area contributed by atoms with Gasteiger partial charge in [-0.1, -0.05) is 18.2 Å². The Labute approximate surface area is 108 Å². The van der Waals surface area contributed by atoms with Crippen molar-refractivity contribution in [2.45, 2.75) is 6.61 Å². The van der Waals surface area contributed by atoms with E-state index >= 15 is 0 Å². The van der Waals surface area contributed by atoms with Crippen LogP contribution in [-0.2, 0) is 11.3 Å². The molecule has 0 unspecified atom stereocenters. The van der Waals surface area contributed by atoms with E-state index in [4.69, 9.17) is 9.84 Å². The highest BCUT2D eigenvalue weighted by molar-refractivity contribution is 5.84. The molecule has 0 radical (unpaired) electrons. The normalized spacial score (nSPS) is 10.4. The Morgan fingerprint density at radius 2 is 2.11 bits per heavy atom. The van der Waals surface area contributed by atoms with Crippen LogP contribution in [-0.4, -0.2) is 28.0 Å². The number of nitrogens with zero attached hydrogens (tertiary/aromatic N) is 2. The molecule has 0 atom stereocenters. The first-order valence-electron chi connectivity index (χ1n) is 5.54. The Morgan fingerprint density at radius 1 is 1.37 bits per heavy atom. The number of methoxy groups -OCH3 is 1. The van der Waals surface area contributed by atoms with Gasteiger partial charge in [0.05, 0.1) is 12.3 Å². The summed E-state index contributed by atoms with van der Waals surface area (Å²) in [5, 5.41) is 12.7. The van der Waals surface area contributed by atoms with Gasteiger partial charge in [0.2, 0.25) is 11.1 Å². The fourth-order valence-electron chi connectivity index (χ4n) is 1.70. The quantitative estimate of drug-likeness (QED) is 0.889. The van der Waals surface area contributed by atoms with Crippen molar-refractivity contribution in [3.63, 3.8) is 0 Å². The van der Waals surface area contributed by atoms with Gasteiger partial charge in [-0.3, -0.25) is 4.79 Å². The van der Waals surface area contributed by atoms with E-state index in [1.807, 2.05) is 12.1 Å². The summed E-state index contributed by atoms with van der Waals surface area (Å²) in [7, 11) is 1.57. The summed E-state index contributed by atoms with van der Waals surface area (Å²) in [4.78, 5) is 22.3. The minimum atomic E-state index is -1.34. The Balaban J connectivity index is 2.56. The highest BCUT2D eigenvalue weighted by atomic mass is 16.5. The van der Waals surface area contributed by atoms with Gasteiger partial charge in [-0.25, -0.2) is 9.48 Å². The molecule has 2 rings (SSSR count). The van der Waals surface area contributed by atoms with E-state index in [0.717, 1.165) is 5.56 Å². The largest absolute Gasteiger partial charge is 0.476 e. The molecule has 0 saturated heterocycles. The number of hydrogen-bond acceptors (Lipinski definition) is 4. The highest BCUT2D eigenvalue weighted by Gasteiger charge is 2.12. The summed E-state index contributed by atoms with van der Waals surface area (Å²) < 4.78 is 6.43. The number of carboxylic acid groups (broad SMARTS) is 1. The van der Waals surface area contributed by atoms with Crippen molar-refractivity contribution < 1.29 is 14.6 Å². The number of rotatable bonds is 4. The van der Waals surface area contributed by atoms with E-state index in [2.05, 4.69) is 5.10 Å². The smallest absolute Gasteiger partial charge is 0.360 e. The molecule has 1 aromatic carbocycles. The minimum absolute atomic E-state index is 0.367.